The van der Waals surface area contributed by atoms with Crippen LogP contribution in [0, 0.1) is 6.92 Å². The number of aryl methyl sites for hydroxylation is 1. The molecule has 2 aromatic rings. The lowest BCUT2D eigenvalue weighted by Crippen LogP contribution is -2.40. The van der Waals surface area contributed by atoms with Crippen molar-refractivity contribution in [1.29, 1.82) is 0 Å². The predicted molar refractivity (Wildman–Crippen MR) is 101 cm³/mol. The van der Waals surface area contributed by atoms with Gasteiger partial charge in [-0.1, -0.05) is 35.0 Å². The fourth-order valence-electron chi connectivity index (χ4n) is 4.05. The van der Waals surface area contributed by atoms with Gasteiger partial charge >= 0.3 is 0 Å². The Balaban J connectivity index is 1.39. The Hall–Kier alpha value is -2.21. The van der Waals surface area contributed by atoms with Crippen molar-refractivity contribution in [3.63, 3.8) is 0 Å². The molecule has 1 unspecified atom stereocenters. The monoisotopic (exact) mass is 369 g/mol. The van der Waals surface area contributed by atoms with Gasteiger partial charge in [0.25, 0.3) is 0 Å². The minimum absolute atomic E-state index is 0.140. The van der Waals surface area contributed by atoms with Crippen molar-refractivity contribution in [2.75, 3.05) is 26.3 Å². The van der Waals surface area contributed by atoms with Gasteiger partial charge in [0.05, 0.1) is 12.3 Å². The van der Waals surface area contributed by atoms with Crippen LogP contribution in [0.15, 0.2) is 28.8 Å². The van der Waals surface area contributed by atoms with E-state index in [1.807, 2.05) is 17.0 Å². The molecule has 1 aromatic carbocycles. The second-order valence-electron chi connectivity index (χ2n) is 7.72. The first kappa shape index (κ1) is 18.2. The van der Waals surface area contributed by atoms with Gasteiger partial charge in [-0.2, -0.15) is 4.98 Å². The summed E-state index contributed by atoms with van der Waals surface area (Å²) >= 11 is 0. The third-order valence-electron chi connectivity index (χ3n) is 5.61. The molecule has 1 amide bonds. The van der Waals surface area contributed by atoms with Gasteiger partial charge in [0.1, 0.15) is 0 Å². The number of aromatic nitrogens is 2. The lowest BCUT2D eigenvalue weighted by atomic mass is 9.96. The first-order valence-electron chi connectivity index (χ1n) is 9.93. The molecule has 3 heterocycles. The van der Waals surface area contributed by atoms with Gasteiger partial charge in [-0.25, -0.2) is 0 Å². The maximum absolute atomic E-state index is 12.8. The molecule has 0 aliphatic carbocycles. The van der Waals surface area contributed by atoms with Crippen molar-refractivity contribution in [2.45, 2.75) is 50.9 Å². The van der Waals surface area contributed by atoms with E-state index >= 15 is 0 Å². The van der Waals surface area contributed by atoms with Crippen LogP contribution in [0.2, 0.25) is 0 Å². The maximum atomic E-state index is 12.8. The van der Waals surface area contributed by atoms with Crippen LogP contribution in [0.3, 0.4) is 0 Å². The van der Waals surface area contributed by atoms with Crippen LogP contribution >= 0.6 is 0 Å². The second kappa shape index (κ2) is 8.21. The molecule has 2 saturated heterocycles. The van der Waals surface area contributed by atoms with Gasteiger partial charge in [0, 0.05) is 32.2 Å². The summed E-state index contributed by atoms with van der Waals surface area (Å²) in [6, 6.07) is 8.16. The van der Waals surface area contributed by atoms with Crippen LogP contribution < -0.4 is 0 Å². The van der Waals surface area contributed by atoms with Gasteiger partial charge in [0.15, 0.2) is 5.82 Å². The Bertz CT molecular complexity index is 782. The molecule has 2 aliphatic rings. The summed E-state index contributed by atoms with van der Waals surface area (Å²) in [6.45, 7) is 5.05. The lowest BCUT2D eigenvalue weighted by Gasteiger charge is -2.31. The largest absolute Gasteiger partial charge is 0.381 e. The molecule has 27 heavy (non-hydrogen) atoms. The fourth-order valence-corrected chi connectivity index (χ4v) is 4.05. The first-order valence-corrected chi connectivity index (χ1v) is 9.93. The number of likely N-dealkylation sites (tertiary alicyclic amines) is 1. The van der Waals surface area contributed by atoms with Gasteiger partial charge in [-0.3, -0.25) is 4.79 Å². The number of carbonyl (C=O) groups is 1. The number of amides is 1. The molecule has 0 N–H and O–H groups in total. The Labute approximate surface area is 159 Å². The van der Waals surface area contributed by atoms with Gasteiger partial charge in [-0.15, -0.1) is 0 Å². The highest BCUT2D eigenvalue weighted by Crippen LogP contribution is 2.29. The Morgan fingerprint density at radius 3 is 2.89 bits per heavy atom. The zero-order valence-electron chi connectivity index (χ0n) is 15.9. The average Bonchev–Trinajstić information content (AvgIpc) is 3.19. The SMILES string of the molecule is Cc1cccc(CC(=O)N2CCCC(c3nc(C4CCOCC4)no3)C2)c1. The number of piperidine rings is 1. The number of rotatable bonds is 4. The van der Waals surface area contributed by atoms with Gasteiger partial charge in [-0.05, 0) is 38.2 Å². The quantitative estimate of drug-likeness (QED) is 0.828. The molecular formula is C21H27N3O3. The van der Waals surface area contributed by atoms with Crippen molar-refractivity contribution in [2.24, 2.45) is 0 Å². The number of benzene rings is 1. The molecule has 2 aliphatic heterocycles. The highest BCUT2D eigenvalue weighted by molar-refractivity contribution is 5.79. The number of ether oxygens (including phenoxy) is 1. The van der Waals surface area contributed by atoms with E-state index in [9.17, 15) is 4.79 Å². The molecule has 4 rings (SSSR count). The molecular weight excluding hydrogens is 342 g/mol. The van der Waals surface area contributed by atoms with Crippen LogP contribution in [0.4, 0.5) is 0 Å². The Kier molecular flexibility index (Phi) is 5.53. The summed E-state index contributed by atoms with van der Waals surface area (Å²) in [4.78, 5) is 19.4. The van der Waals surface area contributed by atoms with Gasteiger partial charge in [0.2, 0.25) is 11.8 Å². The molecule has 0 saturated carbocycles. The average molecular weight is 369 g/mol. The lowest BCUT2D eigenvalue weighted by molar-refractivity contribution is -0.131. The fraction of sp³-hybridized carbons (Fsp3) is 0.571. The predicted octanol–water partition coefficient (Wildman–Crippen LogP) is 3.22. The van der Waals surface area contributed by atoms with E-state index in [1.54, 1.807) is 0 Å². The highest BCUT2D eigenvalue weighted by atomic mass is 16.5. The summed E-state index contributed by atoms with van der Waals surface area (Å²) in [6.07, 6.45) is 4.31. The zero-order valence-corrected chi connectivity index (χ0v) is 15.9. The van der Waals surface area contributed by atoms with Crippen molar-refractivity contribution >= 4 is 5.91 Å². The Morgan fingerprint density at radius 2 is 2.07 bits per heavy atom. The number of carbonyl (C=O) groups excluding carboxylic acids is 1. The van der Waals surface area contributed by atoms with Gasteiger partial charge < -0.3 is 14.2 Å². The molecule has 144 valence electrons. The number of hydrogen-bond donors (Lipinski definition) is 0. The summed E-state index contributed by atoms with van der Waals surface area (Å²) < 4.78 is 11.0. The molecule has 0 spiro atoms. The van der Waals surface area contributed by atoms with Crippen LogP contribution in [-0.2, 0) is 16.0 Å². The zero-order chi connectivity index (χ0) is 18.6. The van der Waals surface area contributed by atoms with Crippen LogP contribution in [0.5, 0.6) is 0 Å². The smallest absolute Gasteiger partial charge is 0.231 e. The topological polar surface area (TPSA) is 68.5 Å². The van der Waals surface area contributed by atoms with E-state index in [-0.39, 0.29) is 11.8 Å². The molecule has 1 atom stereocenters. The van der Waals surface area contributed by atoms with Crippen molar-refractivity contribution in [3.05, 3.63) is 47.1 Å². The van der Waals surface area contributed by atoms with E-state index in [4.69, 9.17) is 9.26 Å². The third-order valence-corrected chi connectivity index (χ3v) is 5.61. The minimum Gasteiger partial charge on any atom is -0.381 e. The van der Waals surface area contributed by atoms with E-state index in [1.165, 1.54) is 5.56 Å². The van der Waals surface area contributed by atoms with E-state index in [2.05, 4.69) is 29.2 Å². The normalized spacial score (nSPS) is 21.4. The van der Waals surface area contributed by atoms with E-state index < -0.39 is 0 Å². The van der Waals surface area contributed by atoms with Crippen molar-refractivity contribution in [1.82, 2.24) is 15.0 Å². The molecule has 1 aromatic heterocycles. The number of hydrogen-bond acceptors (Lipinski definition) is 5. The molecule has 2 fully saturated rings. The summed E-state index contributed by atoms with van der Waals surface area (Å²) in [7, 11) is 0. The van der Waals surface area contributed by atoms with Crippen molar-refractivity contribution < 1.29 is 14.1 Å². The van der Waals surface area contributed by atoms with E-state index in [0.717, 1.165) is 56.8 Å². The summed E-state index contributed by atoms with van der Waals surface area (Å²) in [5.41, 5.74) is 2.25. The molecule has 0 radical (unpaired) electrons. The Morgan fingerprint density at radius 1 is 1.22 bits per heavy atom. The molecule has 0 bridgehead atoms. The first-order chi connectivity index (χ1) is 13.2. The van der Waals surface area contributed by atoms with Crippen LogP contribution in [0.25, 0.3) is 0 Å². The maximum Gasteiger partial charge on any atom is 0.231 e. The molecule has 6 nitrogen and oxygen atoms in total. The van der Waals surface area contributed by atoms with E-state index in [0.29, 0.717) is 24.8 Å². The standard InChI is InChI=1S/C21H27N3O3/c1-15-4-2-5-16(12-15)13-19(25)24-9-3-6-18(14-24)21-22-20(23-27-21)17-7-10-26-11-8-17/h2,4-5,12,17-18H,3,6-11,13-14H2,1H3. The molecule has 6 heteroatoms. The minimum atomic E-state index is 0.140. The second-order valence-corrected chi connectivity index (χ2v) is 7.72. The summed E-state index contributed by atoms with van der Waals surface area (Å²) in [5.74, 6) is 2.13. The third kappa shape index (κ3) is 4.38. The highest BCUT2D eigenvalue weighted by Gasteiger charge is 2.30. The van der Waals surface area contributed by atoms with Crippen molar-refractivity contribution in [3.8, 4) is 0 Å². The summed E-state index contributed by atoms with van der Waals surface area (Å²) in [5, 5.41) is 4.22. The van der Waals surface area contributed by atoms with Crippen LogP contribution in [-0.4, -0.2) is 47.3 Å². The number of nitrogens with zero attached hydrogens (tertiary/aromatic N) is 3. The van der Waals surface area contributed by atoms with Crippen LogP contribution in [0.1, 0.15) is 60.4 Å².